The highest BCUT2D eigenvalue weighted by atomic mass is 16.5. The normalized spacial score (nSPS) is 10.5. The highest BCUT2D eigenvalue weighted by molar-refractivity contribution is 5.69. The lowest BCUT2D eigenvalue weighted by molar-refractivity contribution is -0.149. The zero-order valence-corrected chi connectivity index (χ0v) is 8.84. The Morgan fingerprint density at radius 3 is 2.38 bits per heavy atom. The monoisotopic (exact) mass is 188 g/mol. The van der Waals surface area contributed by atoms with Crippen LogP contribution in [0.15, 0.2) is 0 Å². The van der Waals surface area contributed by atoms with Gasteiger partial charge in [0.15, 0.2) is 0 Å². The fourth-order valence-corrected chi connectivity index (χ4v) is 1.06. The van der Waals surface area contributed by atoms with Gasteiger partial charge in [0, 0.05) is 20.1 Å². The van der Waals surface area contributed by atoms with Crippen molar-refractivity contribution in [1.29, 1.82) is 0 Å². The van der Waals surface area contributed by atoms with Gasteiger partial charge in [0.25, 0.3) is 0 Å². The highest BCUT2D eigenvalue weighted by Gasteiger charge is 2.09. The van der Waals surface area contributed by atoms with E-state index in [9.17, 15) is 4.79 Å². The number of esters is 1. The first-order valence-electron chi connectivity index (χ1n) is 4.93. The van der Waals surface area contributed by atoms with E-state index in [0.29, 0.717) is 13.0 Å². The highest BCUT2D eigenvalue weighted by Crippen LogP contribution is 2.05. The molecule has 0 aliphatic rings. The van der Waals surface area contributed by atoms with Gasteiger partial charge in [-0.15, -0.1) is 0 Å². The maximum absolute atomic E-state index is 11.2. The molecule has 0 fully saturated rings. The second-order valence-electron chi connectivity index (χ2n) is 3.02. The van der Waals surface area contributed by atoms with Crippen LogP contribution in [0.5, 0.6) is 0 Å². The first-order chi connectivity index (χ1) is 6.24. The Balaban J connectivity index is 3.48. The van der Waals surface area contributed by atoms with Gasteiger partial charge < -0.3 is 9.47 Å². The number of methoxy groups -OCH3 is 1. The average Bonchev–Trinajstić information content (AvgIpc) is 2.14. The van der Waals surface area contributed by atoms with Gasteiger partial charge in [-0.2, -0.15) is 0 Å². The van der Waals surface area contributed by atoms with Crippen molar-refractivity contribution in [3.63, 3.8) is 0 Å². The molecular weight excluding hydrogens is 168 g/mol. The molecular formula is C10H20O3. The SMILES string of the molecule is CCC(CC)OC(=O)CCCOC. The first-order valence-corrected chi connectivity index (χ1v) is 4.93. The molecule has 0 amide bonds. The second-order valence-corrected chi connectivity index (χ2v) is 3.02. The Kier molecular flexibility index (Phi) is 7.69. The summed E-state index contributed by atoms with van der Waals surface area (Å²) in [6.07, 6.45) is 3.09. The molecule has 0 heterocycles. The van der Waals surface area contributed by atoms with Crippen LogP contribution in [0.1, 0.15) is 39.5 Å². The van der Waals surface area contributed by atoms with E-state index in [2.05, 4.69) is 0 Å². The maximum Gasteiger partial charge on any atom is 0.306 e. The summed E-state index contributed by atoms with van der Waals surface area (Å²) >= 11 is 0. The van der Waals surface area contributed by atoms with E-state index in [1.807, 2.05) is 13.8 Å². The smallest absolute Gasteiger partial charge is 0.306 e. The third-order valence-electron chi connectivity index (χ3n) is 1.94. The fourth-order valence-electron chi connectivity index (χ4n) is 1.06. The van der Waals surface area contributed by atoms with Gasteiger partial charge >= 0.3 is 5.97 Å². The molecule has 0 rings (SSSR count). The fraction of sp³-hybridized carbons (Fsp3) is 0.900. The lowest BCUT2D eigenvalue weighted by Crippen LogP contribution is -2.16. The minimum atomic E-state index is -0.106. The van der Waals surface area contributed by atoms with Crippen LogP contribution in [0.3, 0.4) is 0 Å². The quantitative estimate of drug-likeness (QED) is 0.453. The van der Waals surface area contributed by atoms with Crippen LogP contribution in [0, 0.1) is 0 Å². The molecule has 0 aliphatic heterocycles. The van der Waals surface area contributed by atoms with Crippen LogP contribution in [-0.2, 0) is 14.3 Å². The summed E-state index contributed by atoms with van der Waals surface area (Å²) in [5, 5.41) is 0. The average molecular weight is 188 g/mol. The lowest BCUT2D eigenvalue weighted by Gasteiger charge is -2.13. The molecule has 0 aliphatic carbocycles. The molecule has 78 valence electrons. The van der Waals surface area contributed by atoms with Crippen LogP contribution in [-0.4, -0.2) is 25.8 Å². The number of carbonyl (C=O) groups excluding carboxylic acids is 1. The molecule has 0 spiro atoms. The van der Waals surface area contributed by atoms with Gasteiger partial charge in [0.1, 0.15) is 6.10 Å². The van der Waals surface area contributed by atoms with Gasteiger partial charge in [0.05, 0.1) is 0 Å². The summed E-state index contributed by atoms with van der Waals surface area (Å²) in [6, 6.07) is 0. The third-order valence-corrected chi connectivity index (χ3v) is 1.94. The zero-order valence-electron chi connectivity index (χ0n) is 8.84. The van der Waals surface area contributed by atoms with Crippen molar-refractivity contribution in [2.24, 2.45) is 0 Å². The van der Waals surface area contributed by atoms with Crippen molar-refractivity contribution >= 4 is 5.97 Å². The molecule has 0 unspecified atom stereocenters. The van der Waals surface area contributed by atoms with E-state index in [-0.39, 0.29) is 12.1 Å². The summed E-state index contributed by atoms with van der Waals surface area (Å²) in [5.74, 6) is -0.106. The lowest BCUT2D eigenvalue weighted by atomic mass is 10.2. The minimum Gasteiger partial charge on any atom is -0.462 e. The Labute approximate surface area is 80.4 Å². The molecule has 0 radical (unpaired) electrons. The van der Waals surface area contributed by atoms with E-state index in [1.165, 1.54) is 0 Å². The van der Waals surface area contributed by atoms with Crippen molar-refractivity contribution < 1.29 is 14.3 Å². The molecule has 13 heavy (non-hydrogen) atoms. The number of carbonyl (C=O) groups is 1. The molecule has 0 aromatic rings. The molecule has 0 aromatic carbocycles. The number of rotatable bonds is 7. The summed E-state index contributed by atoms with van der Waals surface area (Å²) in [5.41, 5.74) is 0. The first kappa shape index (κ1) is 12.4. The van der Waals surface area contributed by atoms with E-state index < -0.39 is 0 Å². The van der Waals surface area contributed by atoms with Crippen molar-refractivity contribution in [2.75, 3.05) is 13.7 Å². The molecule has 3 nitrogen and oxygen atoms in total. The van der Waals surface area contributed by atoms with Crippen LogP contribution in [0.4, 0.5) is 0 Å². The molecule has 3 heteroatoms. The Bertz CT molecular complexity index is 130. The Morgan fingerprint density at radius 1 is 1.31 bits per heavy atom. The molecule has 0 N–H and O–H groups in total. The van der Waals surface area contributed by atoms with Gasteiger partial charge in [0.2, 0.25) is 0 Å². The zero-order chi connectivity index (χ0) is 10.1. The van der Waals surface area contributed by atoms with Gasteiger partial charge in [-0.05, 0) is 19.3 Å². The summed E-state index contributed by atoms with van der Waals surface area (Å²) in [4.78, 5) is 11.2. The van der Waals surface area contributed by atoms with Gasteiger partial charge in [-0.25, -0.2) is 0 Å². The predicted octanol–water partition coefficient (Wildman–Crippen LogP) is 2.14. The summed E-state index contributed by atoms with van der Waals surface area (Å²) in [7, 11) is 1.63. The maximum atomic E-state index is 11.2. The van der Waals surface area contributed by atoms with Crippen LogP contribution in [0.2, 0.25) is 0 Å². The molecule has 0 aromatic heterocycles. The van der Waals surface area contributed by atoms with E-state index in [1.54, 1.807) is 7.11 Å². The molecule has 0 bridgehead atoms. The van der Waals surface area contributed by atoms with E-state index in [4.69, 9.17) is 9.47 Å². The number of hydrogen-bond acceptors (Lipinski definition) is 3. The predicted molar refractivity (Wildman–Crippen MR) is 51.6 cm³/mol. The topological polar surface area (TPSA) is 35.5 Å². The second kappa shape index (κ2) is 8.05. The molecule has 0 saturated heterocycles. The van der Waals surface area contributed by atoms with Crippen LogP contribution < -0.4 is 0 Å². The largest absolute Gasteiger partial charge is 0.462 e. The van der Waals surface area contributed by atoms with E-state index in [0.717, 1.165) is 19.3 Å². The van der Waals surface area contributed by atoms with Crippen molar-refractivity contribution in [3.8, 4) is 0 Å². The molecule has 0 saturated carbocycles. The molecule has 0 atom stereocenters. The minimum absolute atomic E-state index is 0.0926. The van der Waals surface area contributed by atoms with Gasteiger partial charge in [-0.3, -0.25) is 4.79 Å². The van der Waals surface area contributed by atoms with Crippen LogP contribution >= 0.6 is 0 Å². The Hall–Kier alpha value is -0.570. The number of ether oxygens (including phenoxy) is 2. The Morgan fingerprint density at radius 2 is 1.92 bits per heavy atom. The summed E-state index contributed by atoms with van der Waals surface area (Å²) < 4.78 is 10.0. The van der Waals surface area contributed by atoms with Crippen molar-refractivity contribution in [1.82, 2.24) is 0 Å². The third kappa shape index (κ3) is 6.58. The van der Waals surface area contributed by atoms with Crippen LogP contribution in [0.25, 0.3) is 0 Å². The van der Waals surface area contributed by atoms with Crippen molar-refractivity contribution in [3.05, 3.63) is 0 Å². The number of hydrogen-bond donors (Lipinski definition) is 0. The van der Waals surface area contributed by atoms with Crippen molar-refractivity contribution in [2.45, 2.75) is 45.6 Å². The standard InChI is InChI=1S/C10H20O3/c1-4-9(5-2)13-10(11)7-6-8-12-3/h9H,4-8H2,1-3H3. The van der Waals surface area contributed by atoms with Gasteiger partial charge in [-0.1, -0.05) is 13.8 Å². The van der Waals surface area contributed by atoms with E-state index >= 15 is 0 Å². The summed E-state index contributed by atoms with van der Waals surface area (Å²) in [6.45, 7) is 4.67.